The van der Waals surface area contributed by atoms with E-state index in [0.29, 0.717) is 17.5 Å². The molecule has 97 heavy (non-hydrogen) atoms. The lowest BCUT2D eigenvalue weighted by molar-refractivity contribution is 1.07. The topological polar surface area (TPSA) is 66.3 Å². The Kier molecular flexibility index (Phi) is 13.6. The summed E-state index contributed by atoms with van der Waals surface area (Å²) in [7, 11) is 0. The Morgan fingerprint density at radius 3 is 0.969 bits per heavy atom. The molecule has 0 aliphatic rings. The van der Waals surface area contributed by atoms with Crippen molar-refractivity contribution >= 4 is 65.4 Å². The maximum atomic E-state index is 6.11. The third kappa shape index (κ3) is 9.89. The van der Waals surface area contributed by atoms with Crippen molar-refractivity contribution in [2.75, 3.05) is 0 Å². The highest BCUT2D eigenvalue weighted by Gasteiger charge is 2.26. The minimum atomic E-state index is 0.556. The zero-order valence-corrected chi connectivity index (χ0v) is 54.1. The number of hydrogen-bond acceptors (Lipinski definition) is 4. The average molecular weight is 1240 g/mol. The van der Waals surface area contributed by atoms with E-state index in [2.05, 4.69) is 314 Å². The van der Waals surface area contributed by atoms with Crippen LogP contribution in [0.3, 0.4) is 0 Å². The van der Waals surface area contributed by atoms with Crippen LogP contribution < -0.4 is 0 Å². The van der Waals surface area contributed by atoms with Gasteiger partial charge in [-0.3, -0.25) is 4.57 Å². The lowest BCUT2D eigenvalue weighted by Gasteiger charge is -2.21. The Bertz CT molecular complexity index is 5850. The van der Waals surface area contributed by atoms with Gasteiger partial charge in [-0.1, -0.05) is 229 Å². The van der Waals surface area contributed by atoms with Crippen LogP contribution in [0.4, 0.5) is 0 Å². The van der Waals surface area contributed by atoms with Crippen molar-refractivity contribution in [1.82, 2.24) is 33.6 Å². The fourth-order valence-corrected chi connectivity index (χ4v) is 14.7. The largest absolute Gasteiger partial charge is 0.309 e. The highest BCUT2D eigenvalue weighted by atomic mass is 15.1. The minimum Gasteiger partial charge on any atom is -0.309 e. The van der Waals surface area contributed by atoms with Gasteiger partial charge in [-0.15, -0.1) is 0 Å². The molecule has 0 aliphatic carbocycles. The predicted molar refractivity (Wildman–Crippen MR) is 403 cm³/mol. The summed E-state index contributed by atoms with van der Waals surface area (Å²) in [4.78, 5) is 22.1. The van der Waals surface area contributed by atoms with Gasteiger partial charge in [-0.25, -0.2) is 19.9 Å². The van der Waals surface area contributed by atoms with E-state index < -0.39 is 0 Å². The minimum absolute atomic E-state index is 0.556. The maximum absolute atomic E-state index is 6.11. The van der Waals surface area contributed by atoms with Gasteiger partial charge in [-0.05, 0) is 170 Å². The first-order valence-corrected chi connectivity index (χ1v) is 33.2. The molecule has 0 radical (unpaired) electrons. The molecular weight excluding hydrogens is 1180 g/mol. The summed E-state index contributed by atoms with van der Waals surface area (Å²) in [6, 6.07) is 112. The molecule has 18 rings (SSSR count). The zero-order valence-electron chi connectivity index (χ0n) is 54.1. The van der Waals surface area contributed by atoms with E-state index in [1.807, 2.05) is 36.4 Å². The number of nitrogens with zero attached hydrogens (tertiary/aromatic N) is 7. The van der Waals surface area contributed by atoms with Gasteiger partial charge >= 0.3 is 0 Å². The molecule has 0 atom stereocenters. The molecule has 0 fully saturated rings. The quantitative estimate of drug-likeness (QED) is 0.129. The molecule has 0 bridgehead atoms. The normalized spacial score (nSPS) is 11.7. The fourth-order valence-electron chi connectivity index (χ4n) is 14.7. The molecule has 0 saturated carbocycles. The number of pyridine rings is 1. The molecule has 18 aromatic rings. The van der Waals surface area contributed by atoms with Gasteiger partial charge in [0, 0.05) is 71.5 Å². The van der Waals surface area contributed by atoms with Gasteiger partial charge < -0.3 is 9.13 Å². The first kappa shape index (κ1) is 57.1. The van der Waals surface area contributed by atoms with Crippen LogP contribution >= 0.6 is 0 Å². The van der Waals surface area contributed by atoms with E-state index in [1.54, 1.807) is 0 Å². The molecule has 0 spiro atoms. The second-order valence-electron chi connectivity index (χ2n) is 25.7. The van der Waals surface area contributed by atoms with Gasteiger partial charge in [0.25, 0.3) is 0 Å². The predicted octanol–water partition coefficient (Wildman–Crippen LogP) is 23.1. The monoisotopic (exact) mass is 1240 g/mol. The Morgan fingerprint density at radius 2 is 0.546 bits per heavy atom. The molecule has 0 unspecified atom stereocenters. The smallest absolute Gasteiger partial charge is 0.164 e. The summed E-state index contributed by atoms with van der Waals surface area (Å²) in [6.45, 7) is 8.70. The molecule has 0 N–H and O–H groups in total. The van der Waals surface area contributed by atoms with Crippen LogP contribution in [0, 0.1) is 27.7 Å². The van der Waals surface area contributed by atoms with Gasteiger partial charge in [-0.2, -0.15) is 0 Å². The van der Waals surface area contributed by atoms with Crippen LogP contribution in [0.25, 0.3) is 173 Å². The molecule has 7 nitrogen and oxygen atoms in total. The summed E-state index contributed by atoms with van der Waals surface area (Å²) in [5, 5.41) is 7.20. The van der Waals surface area contributed by atoms with E-state index >= 15 is 0 Å². The van der Waals surface area contributed by atoms with E-state index in [9.17, 15) is 0 Å². The van der Waals surface area contributed by atoms with Crippen LogP contribution in [0.2, 0.25) is 0 Å². The van der Waals surface area contributed by atoms with Crippen molar-refractivity contribution in [3.63, 3.8) is 0 Å². The number of benzene rings is 13. The summed E-state index contributed by atoms with van der Waals surface area (Å²) in [5.41, 5.74) is 26.6. The van der Waals surface area contributed by atoms with E-state index in [0.717, 1.165) is 134 Å². The summed E-state index contributed by atoms with van der Waals surface area (Å²) >= 11 is 0. The van der Waals surface area contributed by atoms with E-state index in [-0.39, 0.29) is 0 Å². The summed E-state index contributed by atoms with van der Waals surface area (Å²) in [5.74, 6) is 2.50. The van der Waals surface area contributed by atoms with Crippen molar-refractivity contribution in [1.29, 1.82) is 0 Å². The molecule has 0 aliphatic heterocycles. The number of fused-ring (bicyclic) bond motifs is 9. The number of aromatic nitrogens is 7. The SMILES string of the molecule is Cc1ccc2c(c1)c1cc(C)ccc1n2-c1ccc(-c2nc(-n3c4ccc(-c5ccccc5)cc4c4cc(-c5ccccc5)ccc43)cc(-c3ccccc3-c3nc(-c4ccccc4)nc(-c4ccccc4)n3)c2-c2ccc(-n3c4ccc(C)cc4c4cc(C)ccc43)cc2)cc1. The Morgan fingerprint density at radius 1 is 0.216 bits per heavy atom. The first-order chi connectivity index (χ1) is 47.7. The van der Waals surface area contributed by atoms with Crippen LogP contribution in [0.5, 0.6) is 0 Å². The molecule has 0 amide bonds. The Labute approximate surface area is 562 Å². The second-order valence-corrected chi connectivity index (χ2v) is 25.7. The van der Waals surface area contributed by atoms with E-state index in [1.165, 1.54) is 43.8 Å². The first-order valence-electron chi connectivity index (χ1n) is 33.2. The van der Waals surface area contributed by atoms with Crippen LogP contribution in [-0.2, 0) is 0 Å². The lowest BCUT2D eigenvalue weighted by atomic mass is 9.88. The summed E-state index contributed by atoms with van der Waals surface area (Å²) < 4.78 is 7.19. The van der Waals surface area contributed by atoms with Crippen molar-refractivity contribution in [3.8, 4) is 107 Å². The van der Waals surface area contributed by atoms with Gasteiger partial charge in [0.05, 0.1) is 38.8 Å². The van der Waals surface area contributed by atoms with Gasteiger partial charge in [0.2, 0.25) is 0 Å². The molecule has 13 aromatic carbocycles. The Hall–Kier alpha value is -12.6. The third-order valence-electron chi connectivity index (χ3n) is 19.3. The standard InChI is InChI=1S/C90H63N7/c1-56-29-43-79-72(49-56)73-50-57(2)30-44-80(73)95(79)68-39-33-62(34-40-68)86-78(70-27-17-18-28-71(70)90-93-88(64-23-13-7-14-24-64)92-89(94-90)65-25-15-8-16-26-65)55-85(91-87(86)63-35-41-69(42-36-63)96-81-45-31-58(3)51-74(81)75-52-59(4)32-46-82(75)96)97-83-47-37-66(60-19-9-5-10-20-60)53-76(83)77-54-67(38-48-84(77)97)61-21-11-6-12-22-61/h5-55H,1-4H3. The van der Waals surface area contributed by atoms with Crippen LogP contribution in [-0.4, -0.2) is 33.6 Å². The van der Waals surface area contributed by atoms with Crippen LogP contribution in [0.15, 0.2) is 309 Å². The number of rotatable bonds is 11. The third-order valence-corrected chi connectivity index (χ3v) is 19.3. The van der Waals surface area contributed by atoms with Crippen molar-refractivity contribution in [2.24, 2.45) is 0 Å². The molecule has 0 saturated heterocycles. The van der Waals surface area contributed by atoms with Crippen molar-refractivity contribution in [2.45, 2.75) is 27.7 Å². The summed E-state index contributed by atoms with van der Waals surface area (Å²) in [6.07, 6.45) is 0. The molecule has 458 valence electrons. The van der Waals surface area contributed by atoms with E-state index in [4.69, 9.17) is 19.9 Å². The van der Waals surface area contributed by atoms with Gasteiger partial charge in [0.1, 0.15) is 5.82 Å². The number of hydrogen-bond donors (Lipinski definition) is 0. The average Bonchev–Trinajstić information content (AvgIpc) is 1.66. The highest BCUT2D eigenvalue weighted by Crippen LogP contribution is 2.47. The second kappa shape index (κ2) is 23.2. The van der Waals surface area contributed by atoms with Gasteiger partial charge in [0.15, 0.2) is 17.5 Å². The molecule has 5 aromatic heterocycles. The maximum Gasteiger partial charge on any atom is 0.164 e. The lowest BCUT2D eigenvalue weighted by Crippen LogP contribution is -2.05. The Balaban J connectivity index is 0.935. The molecule has 5 heterocycles. The number of aryl methyl sites for hydroxylation is 4. The van der Waals surface area contributed by atoms with Crippen molar-refractivity contribution in [3.05, 3.63) is 332 Å². The molecular formula is C90H63N7. The van der Waals surface area contributed by atoms with Crippen molar-refractivity contribution < 1.29 is 0 Å². The highest BCUT2D eigenvalue weighted by molar-refractivity contribution is 6.13. The molecule has 7 heteroatoms. The van der Waals surface area contributed by atoms with Crippen LogP contribution in [0.1, 0.15) is 22.3 Å². The zero-order chi connectivity index (χ0) is 64.8. The fraction of sp³-hybridized carbons (Fsp3) is 0.0444.